The average Bonchev–Trinajstić information content (AvgIpc) is 2.38. The fourth-order valence-electron chi connectivity index (χ4n) is 1.92. The molecular weight excluding hydrogens is 265 g/mol. The number of alkyl halides is 3. The minimum Gasteiger partial charge on any atom is -0.370 e. The molecule has 0 unspecified atom stereocenters. The molecule has 5 heteroatoms. The molecule has 0 atom stereocenters. The molecule has 0 aliphatic rings. The Morgan fingerprint density at radius 2 is 1.90 bits per heavy atom. The molecular formula is C15H15F3N2. The lowest BCUT2D eigenvalue weighted by atomic mass is 10.1. The highest BCUT2D eigenvalue weighted by Gasteiger charge is 2.31. The third-order valence-corrected chi connectivity index (χ3v) is 2.82. The second kappa shape index (κ2) is 5.53. The van der Waals surface area contributed by atoms with Gasteiger partial charge < -0.3 is 5.32 Å². The molecule has 1 aromatic carbocycles. The maximum Gasteiger partial charge on any atom is 0.416 e. The Kier molecular flexibility index (Phi) is 3.97. The smallest absolute Gasteiger partial charge is 0.370 e. The van der Waals surface area contributed by atoms with Gasteiger partial charge in [-0.05, 0) is 32.0 Å². The first kappa shape index (κ1) is 14.4. The lowest BCUT2D eigenvalue weighted by Gasteiger charge is -2.12. The molecule has 2 aromatic rings. The molecule has 0 fully saturated rings. The van der Waals surface area contributed by atoms with Crippen LogP contribution in [0.2, 0.25) is 0 Å². The Bertz CT molecular complexity index is 606. The summed E-state index contributed by atoms with van der Waals surface area (Å²) in [7, 11) is 0. The van der Waals surface area contributed by atoms with Crippen LogP contribution >= 0.6 is 0 Å². The van der Waals surface area contributed by atoms with Crippen LogP contribution in [0.1, 0.15) is 18.1 Å². The van der Waals surface area contributed by atoms with Crippen molar-refractivity contribution in [3.63, 3.8) is 0 Å². The molecule has 2 rings (SSSR count). The van der Waals surface area contributed by atoms with E-state index in [0.29, 0.717) is 17.8 Å². The monoisotopic (exact) mass is 280 g/mol. The third-order valence-electron chi connectivity index (χ3n) is 2.82. The summed E-state index contributed by atoms with van der Waals surface area (Å²) >= 11 is 0. The maximum absolute atomic E-state index is 12.9. The number of nitrogens with zero attached hydrogens (tertiary/aromatic N) is 1. The maximum atomic E-state index is 12.9. The Hall–Kier alpha value is -2.04. The van der Waals surface area contributed by atoms with E-state index in [9.17, 15) is 13.2 Å². The van der Waals surface area contributed by atoms with E-state index in [0.717, 1.165) is 17.7 Å². The van der Waals surface area contributed by atoms with Crippen LogP contribution in [-0.4, -0.2) is 11.5 Å². The minimum absolute atomic E-state index is 0.235. The van der Waals surface area contributed by atoms with Crippen molar-refractivity contribution in [1.29, 1.82) is 0 Å². The molecule has 0 aliphatic carbocycles. The van der Waals surface area contributed by atoms with E-state index in [4.69, 9.17) is 0 Å². The Morgan fingerprint density at radius 1 is 1.15 bits per heavy atom. The SMILES string of the molecule is CCNc1cc(C(F)(F)F)cc(-c2cccc(C)c2)n1. The molecule has 1 heterocycles. The van der Waals surface area contributed by atoms with Crippen molar-refractivity contribution < 1.29 is 13.2 Å². The standard InChI is InChI=1S/C15H15F3N2/c1-3-19-14-9-12(15(16,17)18)8-13(20-14)11-6-4-5-10(2)7-11/h4-9H,3H2,1-2H3,(H,19,20). The zero-order valence-electron chi connectivity index (χ0n) is 11.3. The van der Waals surface area contributed by atoms with Crippen LogP contribution in [0, 0.1) is 6.92 Å². The number of benzene rings is 1. The lowest BCUT2D eigenvalue weighted by molar-refractivity contribution is -0.137. The summed E-state index contributed by atoms with van der Waals surface area (Å²) in [4.78, 5) is 4.24. The summed E-state index contributed by atoms with van der Waals surface area (Å²) in [6.07, 6.45) is -4.38. The first-order chi connectivity index (χ1) is 9.40. The fraction of sp³-hybridized carbons (Fsp3) is 0.267. The largest absolute Gasteiger partial charge is 0.416 e. The van der Waals surface area contributed by atoms with E-state index in [1.54, 1.807) is 12.1 Å². The second-order valence-corrected chi connectivity index (χ2v) is 4.52. The molecule has 20 heavy (non-hydrogen) atoms. The van der Waals surface area contributed by atoms with E-state index < -0.39 is 11.7 Å². The van der Waals surface area contributed by atoms with Crippen molar-refractivity contribution in [2.24, 2.45) is 0 Å². The molecule has 1 aromatic heterocycles. The molecule has 0 amide bonds. The zero-order chi connectivity index (χ0) is 14.8. The Balaban J connectivity index is 2.54. The van der Waals surface area contributed by atoms with Crippen molar-refractivity contribution in [3.8, 4) is 11.3 Å². The molecule has 0 aliphatic heterocycles. The van der Waals surface area contributed by atoms with Gasteiger partial charge in [0.15, 0.2) is 0 Å². The molecule has 2 nitrogen and oxygen atoms in total. The highest BCUT2D eigenvalue weighted by molar-refractivity contribution is 5.63. The van der Waals surface area contributed by atoms with Crippen LogP contribution in [0.3, 0.4) is 0 Å². The number of halogens is 3. The molecule has 0 bridgehead atoms. The van der Waals surface area contributed by atoms with Crippen molar-refractivity contribution in [2.45, 2.75) is 20.0 Å². The van der Waals surface area contributed by atoms with Crippen LogP contribution in [0.4, 0.5) is 19.0 Å². The summed E-state index contributed by atoms with van der Waals surface area (Å²) in [5.74, 6) is 0.235. The number of anilines is 1. The number of aryl methyl sites for hydroxylation is 1. The highest BCUT2D eigenvalue weighted by Crippen LogP contribution is 2.33. The quantitative estimate of drug-likeness (QED) is 0.895. The number of hydrogen-bond donors (Lipinski definition) is 1. The number of nitrogens with one attached hydrogen (secondary N) is 1. The van der Waals surface area contributed by atoms with Gasteiger partial charge in [0.25, 0.3) is 0 Å². The van der Waals surface area contributed by atoms with Gasteiger partial charge in [0, 0.05) is 12.1 Å². The summed E-state index contributed by atoms with van der Waals surface area (Å²) in [5, 5.41) is 2.83. The summed E-state index contributed by atoms with van der Waals surface area (Å²) in [6, 6.07) is 9.38. The van der Waals surface area contributed by atoms with E-state index in [1.807, 2.05) is 26.0 Å². The van der Waals surface area contributed by atoms with Crippen LogP contribution in [-0.2, 0) is 6.18 Å². The number of hydrogen-bond acceptors (Lipinski definition) is 2. The van der Waals surface area contributed by atoms with Gasteiger partial charge in [0.1, 0.15) is 5.82 Å². The minimum atomic E-state index is -4.38. The summed E-state index contributed by atoms with van der Waals surface area (Å²) in [6.45, 7) is 4.22. The van der Waals surface area contributed by atoms with Gasteiger partial charge in [-0.2, -0.15) is 13.2 Å². The number of pyridine rings is 1. The van der Waals surface area contributed by atoms with E-state index in [2.05, 4.69) is 10.3 Å². The molecule has 0 radical (unpaired) electrons. The predicted molar refractivity (Wildman–Crippen MR) is 73.6 cm³/mol. The molecule has 0 saturated heterocycles. The van der Waals surface area contributed by atoms with Crippen LogP contribution in [0.25, 0.3) is 11.3 Å². The van der Waals surface area contributed by atoms with E-state index >= 15 is 0 Å². The summed E-state index contributed by atoms with van der Waals surface area (Å²) < 4.78 is 38.8. The van der Waals surface area contributed by atoms with Crippen molar-refractivity contribution in [3.05, 3.63) is 47.5 Å². The van der Waals surface area contributed by atoms with Crippen molar-refractivity contribution in [2.75, 3.05) is 11.9 Å². The van der Waals surface area contributed by atoms with Crippen molar-refractivity contribution >= 4 is 5.82 Å². The lowest BCUT2D eigenvalue weighted by Crippen LogP contribution is -2.08. The molecule has 0 saturated carbocycles. The second-order valence-electron chi connectivity index (χ2n) is 4.52. The zero-order valence-corrected chi connectivity index (χ0v) is 11.3. The van der Waals surface area contributed by atoms with Crippen LogP contribution in [0.15, 0.2) is 36.4 Å². The van der Waals surface area contributed by atoms with Gasteiger partial charge in [-0.15, -0.1) is 0 Å². The first-order valence-corrected chi connectivity index (χ1v) is 6.30. The Labute approximate surface area is 115 Å². The normalized spacial score (nSPS) is 11.4. The fourth-order valence-corrected chi connectivity index (χ4v) is 1.92. The molecule has 1 N–H and O–H groups in total. The first-order valence-electron chi connectivity index (χ1n) is 6.30. The molecule has 0 spiro atoms. The van der Waals surface area contributed by atoms with Gasteiger partial charge >= 0.3 is 6.18 Å². The van der Waals surface area contributed by atoms with Gasteiger partial charge in [0.05, 0.1) is 11.3 Å². The van der Waals surface area contributed by atoms with E-state index in [-0.39, 0.29) is 5.82 Å². The predicted octanol–water partition coefficient (Wildman–Crippen LogP) is 4.51. The van der Waals surface area contributed by atoms with Crippen LogP contribution < -0.4 is 5.32 Å². The topological polar surface area (TPSA) is 24.9 Å². The van der Waals surface area contributed by atoms with Crippen molar-refractivity contribution in [1.82, 2.24) is 4.98 Å². The number of rotatable bonds is 3. The summed E-state index contributed by atoms with van der Waals surface area (Å²) in [5.41, 5.74) is 1.28. The van der Waals surface area contributed by atoms with Gasteiger partial charge in [-0.1, -0.05) is 23.8 Å². The van der Waals surface area contributed by atoms with Crippen LogP contribution in [0.5, 0.6) is 0 Å². The number of aromatic nitrogens is 1. The van der Waals surface area contributed by atoms with Gasteiger partial charge in [-0.25, -0.2) is 4.98 Å². The van der Waals surface area contributed by atoms with E-state index in [1.165, 1.54) is 0 Å². The van der Waals surface area contributed by atoms with Gasteiger partial charge in [0.2, 0.25) is 0 Å². The Morgan fingerprint density at radius 3 is 2.50 bits per heavy atom. The third kappa shape index (κ3) is 3.29. The average molecular weight is 280 g/mol. The highest BCUT2D eigenvalue weighted by atomic mass is 19.4. The van der Waals surface area contributed by atoms with Gasteiger partial charge in [-0.3, -0.25) is 0 Å². The molecule has 106 valence electrons.